The van der Waals surface area contributed by atoms with Gasteiger partial charge in [-0.05, 0) is 36.8 Å². The molecule has 0 bridgehead atoms. The summed E-state index contributed by atoms with van der Waals surface area (Å²) in [5, 5.41) is 5.96. The average Bonchev–Trinajstić information content (AvgIpc) is 2.53. The lowest BCUT2D eigenvalue weighted by Gasteiger charge is -2.09. The first kappa shape index (κ1) is 14.9. The monoisotopic (exact) mass is 284 g/mol. The smallest absolute Gasteiger partial charge is 0.239 e. The first-order valence-electron chi connectivity index (χ1n) is 7.05. The molecule has 2 aromatic rings. The largest absolute Gasteiger partial charge is 0.494 e. The molecule has 0 aromatic heterocycles. The van der Waals surface area contributed by atoms with Gasteiger partial charge < -0.3 is 15.4 Å². The normalized spacial score (nSPS) is 9.95. The van der Waals surface area contributed by atoms with E-state index >= 15 is 0 Å². The van der Waals surface area contributed by atoms with Gasteiger partial charge in [0.05, 0.1) is 13.2 Å². The van der Waals surface area contributed by atoms with Crippen molar-refractivity contribution in [3.63, 3.8) is 0 Å². The maximum absolute atomic E-state index is 11.8. The van der Waals surface area contributed by atoms with Crippen molar-refractivity contribution in [1.82, 2.24) is 5.32 Å². The van der Waals surface area contributed by atoms with Gasteiger partial charge in [-0.25, -0.2) is 0 Å². The van der Waals surface area contributed by atoms with Gasteiger partial charge in [0.25, 0.3) is 0 Å². The lowest BCUT2D eigenvalue weighted by molar-refractivity contribution is -0.119. The van der Waals surface area contributed by atoms with Crippen LogP contribution in [-0.4, -0.2) is 19.1 Å². The zero-order valence-electron chi connectivity index (χ0n) is 12.1. The highest BCUT2D eigenvalue weighted by molar-refractivity contribution is 5.80. The fourth-order valence-corrected chi connectivity index (χ4v) is 1.88. The van der Waals surface area contributed by atoms with Crippen molar-refractivity contribution in [2.24, 2.45) is 0 Å². The average molecular weight is 284 g/mol. The van der Waals surface area contributed by atoms with Gasteiger partial charge >= 0.3 is 0 Å². The zero-order chi connectivity index (χ0) is 14.9. The molecule has 110 valence electrons. The molecule has 4 nitrogen and oxygen atoms in total. The molecule has 0 radical (unpaired) electrons. The van der Waals surface area contributed by atoms with Crippen LogP contribution in [0.1, 0.15) is 12.5 Å². The number of nitrogens with one attached hydrogen (secondary N) is 2. The van der Waals surface area contributed by atoms with Crippen LogP contribution >= 0.6 is 0 Å². The Morgan fingerprint density at radius 2 is 1.76 bits per heavy atom. The summed E-state index contributed by atoms with van der Waals surface area (Å²) in [6.07, 6.45) is 0. The summed E-state index contributed by atoms with van der Waals surface area (Å²) >= 11 is 0. The van der Waals surface area contributed by atoms with E-state index in [1.807, 2.05) is 61.5 Å². The van der Waals surface area contributed by atoms with E-state index in [4.69, 9.17) is 4.74 Å². The first-order chi connectivity index (χ1) is 10.3. The molecule has 4 heteroatoms. The van der Waals surface area contributed by atoms with Crippen molar-refractivity contribution < 1.29 is 9.53 Å². The molecular weight excluding hydrogens is 264 g/mol. The molecule has 0 aliphatic rings. The number of rotatable bonds is 7. The minimum absolute atomic E-state index is 0.0345. The van der Waals surface area contributed by atoms with Gasteiger partial charge in [0.1, 0.15) is 5.75 Å². The maximum atomic E-state index is 11.8. The van der Waals surface area contributed by atoms with Crippen molar-refractivity contribution in [1.29, 1.82) is 0 Å². The van der Waals surface area contributed by atoms with Crippen molar-refractivity contribution >= 4 is 11.6 Å². The molecule has 0 heterocycles. The Bertz CT molecular complexity index is 553. The van der Waals surface area contributed by atoms with Crippen molar-refractivity contribution in [2.75, 3.05) is 18.5 Å². The number of benzene rings is 2. The minimum atomic E-state index is -0.0345. The number of hydrogen-bond donors (Lipinski definition) is 2. The molecule has 2 rings (SSSR count). The molecule has 0 atom stereocenters. The molecule has 2 aromatic carbocycles. The summed E-state index contributed by atoms with van der Waals surface area (Å²) in [4.78, 5) is 11.8. The predicted octanol–water partition coefficient (Wildman–Crippen LogP) is 2.81. The molecule has 0 unspecified atom stereocenters. The summed E-state index contributed by atoms with van der Waals surface area (Å²) in [5.74, 6) is 0.796. The number of hydrogen-bond acceptors (Lipinski definition) is 3. The van der Waals surface area contributed by atoms with Crippen LogP contribution in [0.5, 0.6) is 5.75 Å². The SMILES string of the molecule is CCOc1ccc(NCC(=O)NCc2ccccc2)cc1. The Labute approximate surface area is 125 Å². The summed E-state index contributed by atoms with van der Waals surface area (Å²) in [7, 11) is 0. The highest BCUT2D eigenvalue weighted by atomic mass is 16.5. The number of ether oxygens (including phenoxy) is 1. The minimum Gasteiger partial charge on any atom is -0.494 e. The highest BCUT2D eigenvalue weighted by Gasteiger charge is 2.01. The Morgan fingerprint density at radius 1 is 1.05 bits per heavy atom. The highest BCUT2D eigenvalue weighted by Crippen LogP contribution is 2.15. The molecule has 0 aliphatic heterocycles. The molecule has 0 saturated carbocycles. The van der Waals surface area contributed by atoms with Crippen LogP contribution in [0.2, 0.25) is 0 Å². The summed E-state index contributed by atoms with van der Waals surface area (Å²) < 4.78 is 5.37. The van der Waals surface area contributed by atoms with Crippen molar-refractivity contribution in [3.05, 3.63) is 60.2 Å². The van der Waals surface area contributed by atoms with Gasteiger partial charge in [-0.15, -0.1) is 0 Å². The fraction of sp³-hybridized carbons (Fsp3) is 0.235. The standard InChI is InChI=1S/C17H20N2O2/c1-2-21-16-10-8-15(9-11-16)18-13-17(20)19-12-14-6-4-3-5-7-14/h3-11,18H,2,12-13H2,1H3,(H,19,20). The third-order valence-corrected chi connectivity index (χ3v) is 2.95. The molecule has 0 spiro atoms. The molecule has 0 aliphatic carbocycles. The number of carbonyl (C=O) groups excluding carboxylic acids is 1. The summed E-state index contributed by atoms with van der Waals surface area (Å²) in [6, 6.07) is 17.4. The molecular formula is C17H20N2O2. The van der Waals surface area contributed by atoms with Crippen molar-refractivity contribution in [3.8, 4) is 5.75 Å². The topological polar surface area (TPSA) is 50.4 Å². The first-order valence-corrected chi connectivity index (χ1v) is 7.05. The summed E-state index contributed by atoms with van der Waals surface area (Å²) in [6.45, 7) is 3.39. The fourth-order valence-electron chi connectivity index (χ4n) is 1.88. The van der Waals surface area contributed by atoms with Crippen LogP contribution in [0.3, 0.4) is 0 Å². The Balaban J connectivity index is 1.73. The van der Waals surface area contributed by atoms with Gasteiger partial charge in [0.2, 0.25) is 5.91 Å². The van der Waals surface area contributed by atoms with Crippen LogP contribution in [0.15, 0.2) is 54.6 Å². The van der Waals surface area contributed by atoms with Gasteiger partial charge in [-0.1, -0.05) is 30.3 Å². The van der Waals surface area contributed by atoms with E-state index in [0.29, 0.717) is 13.2 Å². The quantitative estimate of drug-likeness (QED) is 0.822. The van der Waals surface area contributed by atoms with Gasteiger partial charge in [0, 0.05) is 12.2 Å². The van der Waals surface area contributed by atoms with Crippen LogP contribution in [0.25, 0.3) is 0 Å². The second kappa shape index (κ2) is 7.94. The molecule has 0 saturated heterocycles. The zero-order valence-corrected chi connectivity index (χ0v) is 12.1. The number of anilines is 1. The number of amides is 1. The third-order valence-electron chi connectivity index (χ3n) is 2.95. The van der Waals surface area contributed by atoms with Crippen LogP contribution in [0.4, 0.5) is 5.69 Å². The lowest BCUT2D eigenvalue weighted by atomic mass is 10.2. The van der Waals surface area contributed by atoms with E-state index in [0.717, 1.165) is 17.0 Å². The van der Waals surface area contributed by atoms with Crippen LogP contribution < -0.4 is 15.4 Å². The van der Waals surface area contributed by atoms with E-state index < -0.39 is 0 Å². The Hall–Kier alpha value is -2.49. The van der Waals surface area contributed by atoms with E-state index in [1.54, 1.807) is 0 Å². The van der Waals surface area contributed by atoms with E-state index in [-0.39, 0.29) is 12.5 Å². The van der Waals surface area contributed by atoms with Crippen molar-refractivity contribution in [2.45, 2.75) is 13.5 Å². The molecule has 21 heavy (non-hydrogen) atoms. The van der Waals surface area contributed by atoms with Gasteiger partial charge in [0.15, 0.2) is 0 Å². The van der Waals surface area contributed by atoms with E-state index in [2.05, 4.69) is 10.6 Å². The third kappa shape index (κ3) is 5.18. The second-order valence-electron chi connectivity index (χ2n) is 4.57. The van der Waals surface area contributed by atoms with Crippen LogP contribution in [-0.2, 0) is 11.3 Å². The second-order valence-corrected chi connectivity index (χ2v) is 4.57. The Morgan fingerprint density at radius 3 is 2.43 bits per heavy atom. The van der Waals surface area contributed by atoms with Gasteiger partial charge in [-0.2, -0.15) is 0 Å². The molecule has 0 fully saturated rings. The Kier molecular flexibility index (Phi) is 5.64. The number of carbonyl (C=O) groups is 1. The molecule has 2 N–H and O–H groups in total. The van der Waals surface area contributed by atoms with Crippen LogP contribution in [0, 0.1) is 0 Å². The van der Waals surface area contributed by atoms with E-state index in [9.17, 15) is 4.79 Å². The van der Waals surface area contributed by atoms with Gasteiger partial charge in [-0.3, -0.25) is 4.79 Å². The lowest BCUT2D eigenvalue weighted by Crippen LogP contribution is -2.29. The summed E-state index contributed by atoms with van der Waals surface area (Å²) in [5.41, 5.74) is 1.99. The molecule has 1 amide bonds. The maximum Gasteiger partial charge on any atom is 0.239 e. The van der Waals surface area contributed by atoms with E-state index in [1.165, 1.54) is 0 Å². The predicted molar refractivity (Wildman–Crippen MR) is 84.4 cm³/mol.